The molecule has 4 rings (SSSR count). The molecular weight excluding hydrogens is 460 g/mol. The highest BCUT2D eigenvalue weighted by atomic mass is 32.2. The molecule has 2 heterocycles. The number of benzene rings is 2. The van der Waals surface area contributed by atoms with Crippen molar-refractivity contribution < 1.29 is 14.2 Å². The number of aromatic nitrogens is 4. The molecule has 35 heavy (non-hydrogen) atoms. The summed E-state index contributed by atoms with van der Waals surface area (Å²) in [6.45, 7) is 3.84. The fraction of sp³-hybridized carbons (Fsp3) is 0.259. The van der Waals surface area contributed by atoms with Crippen molar-refractivity contribution in [3.05, 3.63) is 78.5 Å². The second-order valence-corrected chi connectivity index (χ2v) is 9.88. The van der Waals surface area contributed by atoms with Crippen LogP contribution in [-0.4, -0.2) is 50.8 Å². The molecule has 0 spiro atoms. The Morgan fingerprint density at radius 3 is 2.34 bits per heavy atom. The Bertz CT molecular complexity index is 1230. The summed E-state index contributed by atoms with van der Waals surface area (Å²) in [4.78, 5) is 9.01. The fourth-order valence-electron chi connectivity index (χ4n) is 3.35. The summed E-state index contributed by atoms with van der Waals surface area (Å²) in [6, 6.07) is 22.4. The molecule has 182 valence electrons. The lowest BCUT2D eigenvalue weighted by Crippen LogP contribution is -2.08. The summed E-state index contributed by atoms with van der Waals surface area (Å²) in [7, 11) is 0.0967. The van der Waals surface area contributed by atoms with Crippen molar-refractivity contribution in [2.24, 2.45) is 0 Å². The third-order valence-electron chi connectivity index (χ3n) is 5.16. The summed E-state index contributed by atoms with van der Waals surface area (Å²) in [5, 5.41) is 4.44. The first-order valence-electron chi connectivity index (χ1n) is 11.4. The Kier molecular flexibility index (Phi) is 8.64. The van der Waals surface area contributed by atoms with Gasteiger partial charge in [0, 0.05) is 29.1 Å². The Balaban J connectivity index is 1.43. The smallest absolute Gasteiger partial charge is 0.336 e. The molecule has 1 unspecified atom stereocenters. The monoisotopic (exact) mass is 490 g/mol. The average molecular weight is 491 g/mol. The summed E-state index contributed by atoms with van der Waals surface area (Å²) in [5.74, 6) is 6.23. The van der Waals surface area contributed by atoms with E-state index in [-0.39, 0.29) is 10.5 Å². The third-order valence-corrected chi connectivity index (χ3v) is 6.02. The maximum atomic E-state index is 5.79. The van der Waals surface area contributed by atoms with Crippen molar-refractivity contribution in [1.29, 1.82) is 0 Å². The van der Waals surface area contributed by atoms with Gasteiger partial charge in [0.05, 0.1) is 13.2 Å². The van der Waals surface area contributed by atoms with Crippen molar-refractivity contribution in [3.8, 4) is 34.4 Å². The summed E-state index contributed by atoms with van der Waals surface area (Å²) in [5.41, 5.74) is 4.09. The van der Waals surface area contributed by atoms with Crippen LogP contribution >= 0.6 is 10.5 Å². The van der Waals surface area contributed by atoms with E-state index in [1.807, 2.05) is 79.9 Å². The Hall–Kier alpha value is -3.49. The maximum absolute atomic E-state index is 5.79. The van der Waals surface area contributed by atoms with Crippen LogP contribution in [0.4, 0.5) is 0 Å². The van der Waals surface area contributed by atoms with Crippen LogP contribution in [0, 0.1) is 0 Å². The second-order valence-electron chi connectivity index (χ2n) is 7.91. The highest BCUT2D eigenvalue weighted by Crippen LogP contribution is 2.26. The first kappa shape index (κ1) is 24.6. The van der Waals surface area contributed by atoms with E-state index in [4.69, 9.17) is 14.2 Å². The standard InChI is InChI=1S/C27H30N4O3S/c1-4-33-27-29-26(31(30-27)20-32-16-17-35(2)3)23-12-10-22(11-13-23)24-14-15-25(28-18-24)34-19-21-8-6-5-7-9-21/h5-15,18H,2,4,16-17,19-20H2,1,3H3. The molecule has 0 bridgehead atoms. The van der Waals surface area contributed by atoms with E-state index < -0.39 is 0 Å². The largest absolute Gasteiger partial charge is 0.473 e. The van der Waals surface area contributed by atoms with Crippen LogP contribution in [0.5, 0.6) is 11.9 Å². The molecule has 0 radical (unpaired) electrons. The van der Waals surface area contributed by atoms with Crippen LogP contribution < -0.4 is 9.47 Å². The second kappa shape index (κ2) is 12.3. The molecule has 2 aromatic heterocycles. The summed E-state index contributed by atoms with van der Waals surface area (Å²) < 4.78 is 18.8. The zero-order valence-electron chi connectivity index (χ0n) is 20.1. The number of ether oxygens (including phenoxy) is 3. The third kappa shape index (κ3) is 7.00. The lowest BCUT2D eigenvalue weighted by molar-refractivity contribution is 0.0812. The quantitative estimate of drug-likeness (QED) is 0.199. The normalized spacial score (nSPS) is 11.8. The van der Waals surface area contributed by atoms with Gasteiger partial charge in [0.2, 0.25) is 5.88 Å². The lowest BCUT2D eigenvalue weighted by atomic mass is 10.1. The van der Waals surface area contributed by atoms with Gasteiger partial charge in [-0.15, -0.1) is 5.10 Å². The van der Waals surface area contributed by atoms with Gasteiger partial charge in [-0.05, 0) is 30.4 Å². The van der Waals surface area contributed by atoms with E-state index in [0.29, 0.717) is 44.3 Å². The van der Waals surface area contributed by atoms with Crippen LogP contribution in [0.2, 0.25) is 0 Å². The molecule has 0 aliphatic rings. The molecule has 4 aromatic rings. The van der Waals surface area contributed by atoms with E-state index in [2.05, 4.69) is 27.2 Å². The predicted molar refractivity (Wildman–Crippen MR) is 142 cm³/mol. The minimum Gasteiger partial charge on any atom is -0.473 e. The number of pyridine rings is 1. The van der Waals surface area contributed by atoms with Crippen molar-refractivity contribution >= 4 is 16.4 Å². The molecule has 0 fully saturated rings. The molecule has 0 aliphatic carbocycles. The first-order chi connectivity index (χ1) is 17.1. The van der Waals surface area contributed by atoms with Gasteiger partial charge in [-0.25, -0.2) is 9.67 Å². The summed E-state index contributed by atoms with van der Waals surface area (Å²) in [6.07, 6.45) is 3.92. The van der Waals surface area contributed by atoms with Gasteiger partial charge in [-0.1, -0.05) is 60.5 Å². The number of rotatable bonds is 12. The zero-order chi connectivity index (χ0) is 24.5. The highest BCUT2D eigenvalue weighted by Gasteiger charge is 2.13. The number of hydrogen-bond donors (Lipinski definition) is 0. The topological polar surface area (TPSA) is 71.3 Å². The minimum absolute atomic E-state index is 0.0967. The Morgan fingerprint density at radius 1 is 0.914 bits per heavy atom. The minimum atomic E-state index is 0.0967. The Morgan fingerprint density at radius 2 is 1.66 bits per heavy atom. The summed E-state index contributed by atoms with van der Waals surface area (Å²) >= 11 is 0. The molecule has 2 aromatic carbocycles. The average Bonchev–Trinajstić information content (AvgIpc) is 3.29. The lowest BCUT2D eigenvalue weighted by Gasteiger charge is -2.09. The van der Waals surface area contributed by atoms with Crippen LogP contribution in [0.25, 0.3) is 22.5 Å². The van der Waals surface area contributed by atoms with Gasteiger partial charge in [0.25, 0.3) is 0 Å². The van der Waals surface area contributed by atoms with Crippen molar-refractivity contribution in [3.63, 3.8) is 0 Å². The van der Waals surface area contributed by atoms with E-state index >= 15 is 0 Å². The molecule has 0 saturated carbocycles. The van der Waals surface area contributed by atoms with Gasteiger partial charge >= 0.3 is 6.01 Å². The number of nitrogens with zero attached hydrogens (tertiary/aromatic N) is 4. The molecule has 7 nitrogen and oxygen atoms in total. The molecule has 0 N–H and O–H groups in total. The van der Waals surface area contributed by atoms with Crippen LogP contribution in [0.1, 0.15) is 12.5 Å². The molecule has 0 amide bonds. The fourth-order valence-corrected chi connectivity index (χ4v) is 3.75. The van der Waals surface area contributed by atoms with Crippen LogP contribution in [0.15, 0.2) is 72.9 Å². The van der Waals surface area contributed by atoms with Gasteiger partial charge in [-0.2, -0.15) is 15.5 Å². The SMILES string of the molecule is C=S(C)CCOCn1nc(OCC)nc1-c1ccc(-c2ccc(OCc3ccccc3)nc2)cc1. The molecule has 8 heteroatoms. The molecule has 0 saturated heterocycles. The van der Waals surface area contributed by atoms with Gasteiger partial charge in [-0.3, -0.25) is 0 Å². The van der Waals surface area contributed by atoms with E-state index in [1.165, 1.54) is 0 Å². The molecule has 1 atom stereocenters. The predicted octanol–water partition coefficient (Wildman–Crippen LogP) is 5.29. The maximum Gasteiger partial charge on any atom is 0.336 e. The van der Waals surface area contributed by atoms with Gasteiger partial charge < -0.3 is 14.2 Å². The van der Waals surface area contributed by atoms with Crippen molar-refractivity contribution in [1.82, 2.24) is 19.7 Å². The number of hydrogen-bond acceptors (Lipinski definition) is 6. The van der Waals surface area contributed by atoms with Crippen molar-refractivity contribution in [2.75, 3.05) is 25.2 Å². The van der Waals surface area contributed by atoms with Gasteiger partial charge in [0.15, 0.2) is 5.82 Å². The first-order valence-corrected chi connectivity index (χ1v) is 13.4. The van der Waals surface area contributed by atoms with E-state index in [0.717, 1.165) is 28.0 Å². The van der Waals surface area contributed by atoms with E-state index in [1.54, 1.807) is 4.68 Å². The van der Waals surface area contributed by atoms with Crippen LogP contribution in [-0.2, 0) is 18.1 Å². The highest BCUT2D eigenvalue weighted by molar-refractivity contribution is 8.13. The molecule has 0 aliphatic heterocycles. The Labute approximate surface area is 208 Å². The van der Waals surface area contributed by atoms with Gasteiger partial charge in [0.1, 0.15) is 13.3 Å². The molecular formula is C27H30N4O3S. The van der Waals surface area contributed by atoms with E-state index in [9.17, 15) is 0 Å². The van der Waals surface area contributed by atoms with Crippen LogP contribution in [0.3, 0.4) is 0 Å². The van der Waals surface area contributed by atoms with Crippen molar-refractivity contribution in [2.45, 2.75) is 20.3 Å². The zero-order valence-corrected chi connectivity index (χ0v) is 20.9.